The van der Waals surface area contributed by atoms with E-state index >= 15 is 0 Å². The number of benzene rings is 1. The number of anilines is 1. The lowest BCUT2D eigenvalue weighted by Gasteiger charge is -2.39. The van der Waals surface area contributed by atoms with Crippen molar-refractivity contribution in [1.82, 2.24) is 4.90 Å². The number of aryl methyl sites for hydroxylation is 1. The molecule has 19 heavy (non-hydrogen) atoms. The third kappa shape index (κ3) is 1.78. The molecule has 0 aliphatic carbocycles. The number of carbonyl (C=O) groups excluding carboxylic acids is 1. The van der Waals surface area contributed by atoms with Crippen molar-refractivity contribution in [3.63, 3.8) is 0 Å². The van der Waals surface area contributed by atoms with Crippen molar-refractivity contribution in [2.75, 3.05) is 18.4 Å². The molecule has 4 heteroatoms. The molecule has 4 nitrogen and oxygen atoms in total. The fourth-order valence-corrected chi connectivity index (χ4v) is 3.24. The summed E-state index contributed by atoms with van der Waals surface area (Å²) in [5, 5.41) is 13.8. The minimum atomic E-state index is -1.49. The molecular weight excluding hydrogens is 240 g/mol. The van der Waals surface area contributed by atoms with E-state index in [2.05, 4.69) is 12.2 Å². The minimum absolute atomic E-state index is 0.314. The summed E-state index contributed by atoms with van der Waals surface area (Å²) in [5.74, 6) is 0.199. The molecule has 0 saturated carbocycles. The Bertz CT molecular complexity index is 529. The molecule has 2 aliphatic heterocycles. The van der Waals surface area contributed by atoms with Gasteiger partial charge in [-0.15, -0.1) is 0 Å². The molecule has 2 atom stereocenters. The number of amides is 1. The Hall–Kier alpha value is -1.39. The summed E-state index contributed by atoms with van der Waals surface area (Å²) in [4.78, 5) is 14.2. The van der Waals surface area contributed by atoms with Gasteiger partial charge in [0.2, 0.25) is 5.72 Å². The van der Waals surface area contributed by atoms with Crippen molar-refractivity contribution in [2.24, 2.45) is 5.92 Å². The summed E-state index contributed by atoms with van der Waals surface area (Å²) in [6.45, 7) is 5.64. The lowest BCUT2D eigenvalue weighted by atomic mass is 9.94. The smallest absolute Gasteiger partial charge is 0.276 e. The van der Waals surface area contributed by atoms with Gasteiger partial charge in [-0.05, 0) is 31.2 Å². The summed E-state index contributed by atoms with van der Waals surface area (Å²) in [6.07, 6.45) is 2.19. The van der Waals surface area contributed by atoms with E-state index in [-0.39, 0.29) is 5.91 Å². The highest BCUT2D eigenvalue weighted by molar-refractivity contribution is 6.05. The predicted octanol–water partition coefficient (Wildman–Crippen LogP) is 1.82. The lowest BCUT2D eigenvalue weighted by Crippen LogP contribution is -2.54. The first kappa shape index (κ1) is 12.6. The van der Waals surface area contributed by atoms with Gasteiger partial charge in [-0.3, -0.25) is 9.69 Å². The second kappa shape index (κ2) is 4.32. The van der Waals surface area contributed by atoms with Gasteiger partial charge in [-0.2, -0.15) is 0 Å². The summed E-state index contributed by atoms with van der Waals surface area (Å²) < 4.78 is 0. The Morgan fingerprint density at radius 1 is 1.47 bits per heavy atom. The van der Waals surface area contributed by atoms with E-state index in [1.807, 2.05) is 30.0 Å². The molecule has 1 saturated heterocycles. The lowest BCUT2D eigenvalue weighted by molar-refractivity contribution is -0.163. The molecule has 0 bridgehead atoms. The number of hydrogen-bond acceptors (Lipinski definition) is 3. The number of likely N-dealkylation sites (tertiary alicyclic amines) is 1. The SMILES string of the molecule is Cc1cccc2c1NC(=O)[C@]2(O)N1CCC[C@@H](C)C1. The van der Waals surface area contributed by atoms with E-state index in [0.717, 1.165) is 37.2 Å². The number of fused-ring (bicyclic) bond motifs is 1. The molecular formula is C15H20N2O2. The monoisotopic (exact) mass is 260 g/mol. The summed E-state index contributed by atoms with van der Waals surface area (Å²) in [6, 6.07) is 5.69. The van der Waals surface area contributed by atoms with Crippen molar-refractivity contribution in [1.29, 1.82) is 0 Å². The topological polar surface area (TPSA) is 52.6 Å². The van der Waals surface area contributed by atoms with Crippen LogP contribution in [0.15, 0.2) is 18.2 Å². The van der Waals surface area contributed by atoms with Gasteiger partial charge in [-0.25, -0.2) is 0 Å². The highest BCUT2D eigenvalue weighted by atomic mass is 16.3. The largest absolute Gasteiger partial charge is 0.364 e. The number of nitrogens with zero attached hydrogens (tertiary/aromatic N) is 1. The molecule has 0 unspecified atom stereocenters. The van der Waals surface area contributed by atoms with Gasteiger partial charge in [0.25, 0.3) is 5.91 Å². The van der Waals surface area contributed by atoms with Crippen LogP contribution in [0.2, 0.25) is 0 Å². The first-order valence-electron chi connectivity index (χ1n) is 6.92. The normalized spacial score (nSPS) is 31.1. The van der Waals surface area contributed by atoms with Crippen molar-refractivity contribution in [2.45, 2.75) is 32.4 Å². The zero-order valence-electron chi connectivity index (χ0n) is 11.4. The van der Waals surface area contributed by atoms with Crippen molar-refractivity contribution in [3.05, 3.63) is 29.3 Å². The third-order valence-electron chi connectivity index (χ3n) is 4.32. The molecule has 0 radical (unpaired) electrons. The minimum Gasteiger partial charge on any atom is -0.364 e. The van der Waals surface area contributed by atoms with Crippen LogP contribution in [0, 0.1) is 12.8 Å². The summed E-state index contributed by atoms with van der Waals surface area (Å²) in [7, 11) is 0. The molecule has 1 aromatic rings. The Morgan fingerprint density at radius 3 is 3.00 bits per heavy atom. The highest BCUT2D eigenvalue weighted by Crippen LogP contribution is 2.41. The molecule has 1 aromatic carbocycles. The van der Waals surface area contributed by atoms with E-state index in [1.165, 1.54) is 0 Å². The van der Waals surface area contributed by atoms with Gasteiger partial charge >= 0.3 is 0 Å². The summed E-state index contributed by atoms with van der Waals surface area (Å²) >= 11 is 0. The predicted molar refractivity (Wildman–Crippen MR) is 73.7 cm³/mol. The van der Waals surface area contributed by atoms with Crippen molar-refractivity contribution < 1.29 is 9.90 Å². The number of para-hydroxylation sites is 1. The summed E-state index contributed by atoms with van der Waals surface area (Å²) in [5.41, 5.74) is 0.974. The van der Waals surface area contributed by atoms with Gasteiger partial charge < -0.3 is 10.4 Å². The van der Waals surface area contributed by atoms with E-state index in [9.17, 15) is 9.90 Å². The molecule has 1 fully saturated rings. The highest BCUT2D eigenvalue weighted by Gasteiger charge is 2.51. The quantitative estimate of drug-likeness (QED) is 0.810. The van der Waals surface area contributed by atoms with Gasteiger partial charge in [0.1, 0.15) is 0 Å². The molecule has 2 N–H and O–H groups in total. The fraction of sp³-hybridized carbons (Fsp3) is 0.533. The van der Waals surface area contributed by atoms with Gasteiger partial charge in [0.15, 0.2) is 0 Å². The number of nitrogens with one attached hydrogen (secondary N) is 1. The van der Waals surface area contributed by atoms with Crippen LogP contribution in [0.25, 0.3) is 0 Å². The maximum atomic E-state index is 12.3. The van der Waals surface area contributed by atoms with Crippen LogP contribution in [0.3, 0.4) is 0 Å². The molecule has 0 spiro atoms. The van der Waals surface area contributed by atoms with E-state index in [4.69, 9.17) is 0 Å². The standard InChI is InChI=1S/C15H20N2O2/c1-10-5-4-8-17(9-10)15(19)12-7-3-6-11(2)13(12)16-14(15)18/h3,6-7,10,19H,4-5,8-9H2,1-2H3,(H,16,18)/t10-,15+/m1/s1. The van der Waals surface area contributed by atoms with Crippen LogP contribution >= 0.6 is 0 Å². The first-order valence-corrected chi connectivity index (χ1v) is 6.92. The Balaban J connectivity index is 2.04. The van der Waals surface area contributed by atoms with Gasteiger partial charge in [-0.1, -0.05) is 25.1 Å². The Kier molecular flexibility index (Phi) is 2.87. The van der Waals surface area contributed by atoms with Crippen LogP contribution in [-0.2, 0) is 10.5 Å². The average molecular weight is 260 g/mol. The third-order valence-corrected chi connectivity index (χ3v) is 4.32. The average Bonchev–Trinajstić information content (AvgIpc) is 2.65. The molecule has 1 amide bonds. The van der Waals surface area contributed by atoms with E-state index < -0.39 is 5.72 Å². The first-order chi connectivity index (χ1) is 9.03. The molecule has 102 valence electrons. The van der Waals surface area contributed by atoms with E-state index in [0.29, 0.717) is 11.5 Å². The van der Waals surface area contributed by atoms with Gasteiger partial charge in [0, 0.05) is 18.7 Å². The number of rotatable bonds is 1. The molecule has 0 aromatic heterocycles. The second-order valence-electron chi connectivity index (χ2n) is 5.82. The number of aliphatic hydroxyl groups is 1. The molecule has 2 heterocycles. The van der Waals surface area contributed by atoms with E-state index in [1.54, 1.807) is 0 Å². The molecule has 2 aliphatic rings. The van der Waals surface area contributed by atoms with Crippen molar-refractivity contribution in [3.8, 4) is 0 Å². The van der Waals surface area contributed by atoms with Crippen LogP contribution in [0.4, 0.5) is 5.69 Å². The maximum absolute atomic E-state index is 12.3. The van der Waals surface area contributed by atoms with Crippen LogP contribution in [0.5, 0.6) is 0 Å². The Labute approximate surface area is 113 Å². The van der Waals surface area contributed by atoms with Gasteiger partial charge in [0.05, 0.1) is 5.69 Å². The van der Waals surface area contributed by atoms with Crippen LogP contribution in [0.1, 0.15) is 30.9 Å². The maximum Gasteiger partial charge on any atom is 0.276 e. The fourth-order valence-electron chi connectivity index (χ4n) is 3.24. The number of carbonyl (C=O) groups is 1. The Morgan fingerprint density at radius 2 is 2.26 bits per heavy atom. The number of hydrogen-bond donors (Lipinski definition) is 2. The van der Waals surface area contributed by atoms with Crippen LogP contribution in [-0.4, -0.2) is 29.0 Å². The molecule has 3 rings (SSSR count). The number of piperidine rings is 1. The second-order valence-corrected chi connectivity index (χ2v) is 5.82. The van der Waals surface area contributed by atoms with Crippen LogP contribution < -0.4 is 5.32 Å². The van der Waals surface area contributed by atoms with Crippen molar-refractivity contribution >= 4 is 11.6 Å². The zero-order valence-corrected chi connectivity index (χ0v) is 11.4. The zero-order chi connectivity index (χ0) is 13.6.